The van der Waals surface area contributed by atoms with Crippen LogP contribution < -0.4 is 5.32 Å². The largest absolute Gasteiger partial charge is 0.316 e. The predicted molar refractivity (Wildman–Crippen MR) is 83.4 cm³/mol. The van der Waals surface area contributed by atoms with E-state index in [0.717, 1.165) is 18.4 Å². The molecule has 1 aliphatic heterocycles. The molecule has 1 heterocycles. The number of likely N-dealkylation sites (tertiary alicyclic amines) is 1. The smallest absolute Gasteiger partial charge is 0.00504 e. The van der Waals surface area contributed by atoms with Gasteiger partial charge in [-0.15, -0.1) is 0 Å². The quantitative estimate of drug-likeness (QED) is 0.791. The van der Waals surface area contributed by atoms with Gasteiger partial charge in [-0.05, 0) is 49.6 Å². The maximum atomic E-state index is 3.65. The van der Waals surface area contributed by atoms with Crippen molar-refractivity contribution in [2.24, 2.45) is 17.3 Å². The second-order valence-electron chi connectivity index (χ2n) is 7.28. The van der Waals surface area contributed by atoms with Gasteiger partial charge < -0.3 is 10.2 Å². The fourth-order valence-corrected chi connectivity index (χ4v) is 4.38. The van der Waals surface area contributed by atoms with Crippen LogP contribution in [0.25, 0.3) is 0 Å². The summed E-state index contributed by atoms with van der Waals surface area (Å²) in [4.78, 5) is 2.77. The van der Waals surface area contributed by atoms with Gasteiger partial charge >= 0.3 is 0 Å². The van der Waals surface area contributed by atoms with Crippen LogP contribution in [0.3, 0.4) is 0 Å². The Bertz CT molecular complexity index is 266. The predicted octanol–water partition coefficient (Wildman–Crippen LogP) is 3.52. The molecule has 1 aliphatic carbocycles. The van der Waals surface area contributed by atoms with Crippen LogP contribution in [-0.2, 0) is 0 Å². The molecular weight excluding hydrogens is 232 g/mol. The minimum absolute atomic E-state index is 0.566. The molecule has 19 heavy (non-hydrogen) atoms. The number of hydrogen-bond acceptors (Lipinski definition) is 2. The van der Waals surface area contributed by atoms with E-state index in [1.807, 2.05) is 0 Å². The van der Waals surface area contributed by atoms with Crippen LogP contribution >= 0.6 is 0 Å². The van der Waals surface area contributed by atoms with E-state index in [1.165, 1.54) is 64.7 Å². The van der Waals surface area contributed by atoms with E-state index in [0.29, 0.717) is 5.41 Å². The minimum Gasteiger partial charge on any atom is -0.316 e. The van der Waals surface area contributed by atoms with Gasteiger partial charge in [0.2, 0.25) is 0 Å². The zero-order chi connectivity index (χ0) is 13.7. The zero-order valence-electron chi connectivity index (χ0n) is 13.4. The Morgan fingerprint density at radius 3 is 2.74 bits per heavy atom. The van der Waals surface area contributed by atoms with Crippen molar-refractivity contribution in [3.05, 3.63) is 0 Å². The fourth-order valence-electron chi connectivity index (χ4n) is 4.38. The highest BCUT2D eigenvalue weighted by molar-refractivity contribution is 4.91. The van der Waals surface area contributed by atoms with Crippen LogP contribution in [0, 0.1) is 17.3 Å². The lowest BCUT2D eigenvalue weighted by Crippen LogP contribution is -2.46. The maximum Gasteiger partial charge on any atom is 0.00504 e. The molecule has 0 amide bonds. The average molecular weight is 266 g/mol. The Kier molecular flexibility index (Phi) is 5.70. The summed E-state index contributed by atoms with van der Waals surface area (Å²) in [5, 5.41) is 3.65. The topological polar surface area (TPSA) is 15.3 Å². The van der Waals surface area contributed by atoms with Crippen LogP contribution in [0.4, 0.5) is 0 Å². The molecule has 0 aromatic carbocycles. The molecule has 2 aliphatic rings. The monoisotopic (exact) mass is 266 g/mol. The number of nitrogens with one attached hydrogen (secondary N) is 1. The highest BCUT2D eigenvalue weighted by Gasteiger charge is 2.37. The van der Waals surface area contributed by atoms with Crippen LogP contribution in [0.5, 0.6) is 0 Å². The first-order chi connectivity index (χ1) is 9.17. The van der Waals surface area contributed by atoms with E-state index in [9.17, 15) is 0 Å². The third-order valence-electron chi connectivity index (χ3n) is 5.44. The Balaban J connectivity index is 1.93. The summed E-state index contributed by atoms with van der Waals surface area (Å²) in [6.07, 6.45) is 8.57. The second-order valence-corrected chi connectivity index (χ2v) is 7.28. The van der Waals surface area contributed by atoms with E-state index in [1.54, 1.807) is 0 Å². The first kappa shape index (κ1) is 15.3. The highest BCUT2D eigenvalue weighted by Crippen LogP contribution is 2.40. The third kappa shape index (κ3) is 4.19. The van der Waals surface area contributed by atoms with Crippen molar-refractivity contribution in [1.82, 2.24) is 10.2 Å². The standard InChI is InChI=1S/C17H34N2/c1-4-16-8-10-19(12-16)14-17(13-18-5-2)9-6-7-15(3)11-17/h15-16,18H,4-14H2,1-3H3. The first-order valence-electron chi connectivity index (χ1n) is 8.60. The minimum atomic E-state index is 0.566. The lowest BCUT2D eigenvalue weighted by atomic mass is 9.69. The zero-order valence-corrected chi connectivity index (χ0v) is 13.4. The lowest BCUT2D eigenvalue weighted by molar-refractivity contribution is 0.0899. The molecule has 2 nitrogen and oxygen atoms in total. The van der Waals surface area contributed by atoms with Gasteiger partial charge in [0, 0.05) is 19.6 Å². The molecule has 2 rings (SSSR count). The molecule has 112 valence electrons. The SMILES string of the molecule is CCNCC1(CN2CCC(CC)C2)CCCC(C)C1. The molecule has 0 spiro atoms. The van der Waals surface area contributed by atoms with Crippen molar-refractivity contribution in [3.63, 3.8) is 0 Å². The van der Waals surface area contributed by atoms with Gasteiger partial charge in [0.05, 0.1) is 0 Å². The van der Waals surface area contributed by atoms with Gasteiger partial charge in [0.15, 0.2) is 0 Å². The Morgan fingerprint density at radius 1 is 1.26 bits per heavy atom. The van der Waals surface area contributed by atoms with Gasteiger partial charge in [-0.25, -0.2) is 0 Å². The molecule has 3 atom stereocenters. The van der Waals surface area contributed by atoms with Crippen molar-refractivity contribution in [2.75, 3.05) is 32.7 Å². The molecular formula is C17H34N2. The van der Waals surface area contributed by atoms with Crippen LogP contribution in [0.15, 0.2) is 0 Å². The number of nitrogens with zero attached hydrogens (tertiary/aromatic N) is 1. The molecule has 0 aromatic rings. The van der Waals surface area contributed by atoms with Crippen molar-refractivity contribution in [1.29, 1.82) is 0 Å². The molecule has 1 N–H and O–H groups in total. The van der Waals surface area contributed by atoms with E-state index >= 15 is 0 Å². The van der Waals surface area contributed by atoms with Crippen molar-refractivity contribution < 1.29 is 0 Å². The van der Waals surface area contributed by atoms with Gasteiger partial charge in [-0.2, -0.15) is 0 Å². The molecule has 2 heteroatoms. The van der Waals surface area contributed by atoms with Crippen LogP contribution in [-0.4, -0.2) is 37.6 Å². The maximum absolute atomic E-state index is 3.65. The van der Waals surface area contributed by atoms with E-state index in [-0.39, 0.29) is 0 Å². The van der Waals surface area contributed by atoms with E-state index in [4.69, 9.17) is 0 Å². The van der Waals surface area contributed by atoms with Gasteiger partial charge in [0.25, 0.3) is 0 Å². The molecule has 2 fully saturated rings. The lowest BCUT2D eigenvalue weighted by Gasteiger charge is -2.43. The number of hydrogen-bond donors (Lipinski definition) is 1. The summed E-state index contributed by atoms with van der Waals surface area (Å²) >= 11 is 0. The summed E-state index contributed by atoms with van der Waals surface area (Å²) in [7, 11) is 0. The van der Waals surface area contributed by atoms with Crippen molar-refractivity contribution >= 4 is 0 Å². The molecule has 1 saturated carbocycles. The Hall–Kier alpha value is -0.0800. The molecule has 0 bridgehead atoms. The average Bonchev–Trinajstić information content (AvgIpc) is 2.84. The summed E-state index contributed by atoms with van der Waals surface area (Å²) in [6, 6.07) is 0. The fraction of sp³-hybridized carbons (Fsp3) is 1.00. The molecule has 1 saturated heterocycles. The Labute approximate surface area is 120 Å². The molecule has 3 unspecified atom stereocenters. The third-order valence-corrected chi connectivity index (χ3v) is 5.44. The molecule has 0 radical (unpaired) electrons. The van der Waals surface area contributed by atoms with Crippen molar-refractivity contribution in [3.8, 4) is 0 Å². The highest BCUT2D eigenvalue weighted by atomic mass is 15.2. The van der Waals surface area contributed by atoms with Crippen LogP contribution in [0.1, 0.15) is 59.3 Å². The first-order valence-corrected chi connectivity index (χ1v) is 8.60. The van der Waals surface area contributed by atoms with Crippen molar-refractivity contribution in [2.45, 2.75) is 59.3 Å². The summed E-state index contributed by atoms with van der Waals surface area (Å²) < 4.78 is 0. The summed E-state index contributed by atoms with van der Waals surface area (Å²) in [5.41, 5.74) is 0.566. The summed E-state index contributed by atoms with van der Waals surface area (Å²) in [5.74, 6) is 1.90. The summed E-state index contributed by atoms with van der Waals surface area (Å²) in [6.45, 7) is 13.5. The van der Waals surface area contributed by atoms with Gasteiger partial charge in [-0.1, -0.05) is 40.0 Å². The van der Waals surface area contributed by atoms with Gasteiger partial charge in [0.1, 0.15) is 0 Å². The Morgan fingerprint density at radius 2 is 2.11 bits per heavy atom. The van der Waals surface area contributed by atoms with E-state index in [2.05, 4.69) is 31.0 Å². The number of rotatable bonds is 6. The van der Waals surface area contributed by atoms with Gasteiger partial charge in [-0.3, -0.25) is 0 Å². The second kappa shape index (κ2) is 7.08. The molecule has 0 aromatic heterocycles. The normalized spacial score (nSPS) is 36.8. The van der Waals surface area contributed by atoms with E-state index < -0.39 is 0 Å². The van der Waals surface area contributed by atoms with Crippen LogP contribution in [0.2, 0.25) is 0 Å².